The van der Waals surface area contributed by atoms with Gasteiger partial charge in [0.05, 0.1) is 18.1 Å². The van der Waals surface area contributed by atoms with E-state index in [0.717, 1.165) is 37.9 Å². The Morgan fingerprint density at radius 1 is 1.22 bits per heavy atom. The van der Waals surface area contributed by atoms with Crippen molar-refractivity contribution in [3.63, 3.8) is 0 Å². The van der Waals surface area contributed by atoms with Gasteiger partial charge in [-0.2, -0.15) is 0 Å². The summed E-state index contributed by atoms with van der Waals surface area (Å²) in [5.41, 5.74) is 1.03. The largest absolute Gasteiger partial charge is 0.370 e. The fraction of sp³-hybridized carbons (Fsp3) is 0.583. The predicted octanol–water partition coefficient (Wildman–Crippen LogP) is 2.08. The Balaban J connectivity index is 2.79. The number of pyridine rings is 1. The highest BCUT2D eigenvalue weighted by atomic mass is 32.2. The molecule has 0 fully saturated rings. The molecule has 0 saturated carbocycles. The minimum Gasteiger partial charge on any atom is -0.370 e. The molecule has 0 atom stereocenters. The summed E-state index contributed by atoms with van der Waals surface area (Å²) >= 11 is 0. The Hall–Kier alpha value is -1.30. The number of anilines is 2. The molecule has 6 heteroatoms. The first-order valence-electron chi connectivity index (χ1n) is 6.15. The lowest BCUT2D eigenvalue weighted by molar-refractivity contribution is 0.606. The van der Waals surface area contributed by atoms with E-state index < -0.39 is 10.0 Å². The molecule has 1 aromatic rings. The van der Waals surface area contributed by atoms with Gasteiger partial charge >= 0.3 is 0 Å². The third-order valence-electron chi connectivity index (χ3n) is 2.39. The van der Waals surface area contributed by atoms with Crippen molar-refractivity contribution in [2.75, 3.05) is 29.0 Å². The zero-order valence-electron chi connectivity index (χ0n) is 11.2. The van der Waals surface area contributed by atoms with Crippen molar-refractivity contribution in [2.24, 2.45) is 0 Å². The van der Waals surface area contributed by atoms with Gasteiger partial charge < -0.3 is 4.90 Å². The lowest BCUT2D eigenvalue weighted by Crippen LogP contribution is -2.25. The fourth-order valence-electron chi connectivity index (χ4n) is 1.73. The molecule has 102 valence electrons. The van der Waals surface area contributed by atoms with Gasteiger partial charge in [0.2, 0.25) is 10.0 Å². The zero-order valence-corrected chi connectivity index (χ0v) is 12.0. The van der Waals surface area contributed by atoms with Gasteiger partial charge in [0.15, 0.2) is 0 Å². The maximum absolute atomic E-state index is 11.1. The van der Waals surface area contributed by atoms with Crippen molar-refractivity contribution in [3.8, 4) is 0 Å². The van der Waals surface area contributed by atoms with Crippen molar-refractivity contribution in [3.05, 3.63) is 18.3 Å². The topological polar surface area (TPSA) is 62.3 Å². The van der Waals surface area contributed by atoms with Crippen LogP contribution in [0.4, 0.5) is 11.5 Å². The second kappa shape index (κ2) is 6.58. The number of hydrogen-bond acceptors (Lipinski definition) is 4. The Bertz CT molecular complexity index is 451. The van der Waals surface area contributed by atoms with Crippen LogP contribution >= 0.6 is 0 Å². The maximum atomic E-state index is 11.1. The van der Waals surface area contributed by atoms with E-state index in [4.69, 9.17) is 0 Å². The number of hydrogen-bond donors (Lipinski definition) is 1. The predicted molar refractivity (Wildman–Crippen MR) is 75.5 cm³/mol. The summed E-state index contributed by atoms with van der Waals surface area (Å²) in [6.07, 6.45) is 4.97. The van der Waals surface area contributed by atoms with Gasteiger partial charge in [-0.25, -0.2) is 13.4 Å². The Morgan fingerprint density at radius 2 is 1.83 bits per heavy atom. The highest BCUT2D eigenvalue weighted by Crippen LogP contribution is 2.16. The molecule has 0 aliphatic heterocycles. The number of rotatable bonds is 7. The van der Waals surface area contributed by atoms with Crippen LogP contribution in [0.2, 0.25) is 0 Å². The first kappa shape index (κ1) is 14.8. The lowest BCUT2D eigenvalue weighted by Gasteiger charge is -2.23. The number of sulfonamides is 1. The van der Waals surface area contributed by atoms with E-state index in [1.165, 1.54) is 0 Å². The molecule has 1 rings (SSSR count). The molecule has 5 nitrogen and oxygen atoms in total. The van der Waals surface area contributed by atoms with Crippen molar-refractivity contribution < 1.29 is 8.42 Å². The highest BCUT2D eigenvalue weighted by Gasteiger charge is 2.06. The average Bonchev–Trinajstić information content (AvgIpc) is 2.28. The van der Waals surface area contributed by atoms with Crippen LogP contribution in [0.15, 0.2) is 18.3 Å². The average molecular weight is 271 g/mol. The van der Waals surface area contributed by atoms with Crippen molar-refractivity contribution in [1.82, 2.24) is 4.98 Å². The van der Waals surface area contributed by atoms with E-state index in [-0.39, 0.29) is 0 Å². The van der Waals surface area contributed by atoms with E-state index in [1.807, 2.05) is 6.07 Å². The summed E-state index contributed by atoms with van der Waals surface area (Å²) in [4.78, 5) is 6.36. The van der Waals surface area contributed by atoms with Crippen LogP contribution in [0, 0.1) is 0 Å². The minimum atomic E-state index is -3.26. The van der Waals surface area contributed by atoms with E-state index in [9.17, 15) is 8.42 Å². The quantitative estimate of drug-likeness (QED) is 0.824. The van der Waals surface area contributed by atoms with Crippen LogP contribution < -0.4 is 9.62 Å². The van der Waals surface area contributed by atoms with Crippen LogP contribution in [0.5, 0.6) is 0 Å². The van der Waals surface area contributed by atoms with E-state index in [1.54, 1.807) is 12.3 Å². The summed E-state index contributed by atoms with van der Waals surface area (Å²) in [6, 6.07) is 3.58. The second-order valence-corrected chi connectivity index (χ2v) is 6.01. The smallest absolute Gasteiger partial charge is 0.230 e. The second-order valence-electron chi connectivity index (χ2n) is 4.26. The SMILES string of the molecule is CCCN(CCC)c1ccc(NS(C)(=O)=O)nc1. The summed E-state index contributed by atoms with van der Waals surface area (Å²) in [7, 11) is -3.26. The van der Waals surface area contributed by atoms with Crippen LogP contribution in [-0.2, 0) is 10.0 Å². The minimum absolute atomic E-state index is 0.356. The molecule has 1 heterocycles. The Labute approximate surface area is 109 Å². The van der Waals surface area contributed by atoms with Crippen LogP contribution in [0.3, 0.4) is 0 Å². The van der Waals surface area contributed by atoms with Gasteiger partial charge in [0.1, 0.15) is 5.82 Å². The lowest BCUT2D eigenvalue weighted by atomic mass is 10.3. The van der Waals surface area contributed by atoms with Crippen LogP contribution in [0.1, 0.15) is 26.7 Å². The molecule has 0 bridgehead atoms. The zero-order chi connectivity index (χ0) is 13.6. The molecule has 0 amide bonds. The Kier molecular flexibility index (Phi) is 5.40. The monoisotopic (exact) mass is 271 g/mol. The molecule has 0 saturated heterocycles. The molecule has 0 unspecified atom stereocenters. The van der Waals surface area contributed by atoms with Gasteiger partial charge in [-0.05, 0) is 25.0 Å². The van der Waals surface area contributed by atoms with E-state index in [2.05, 4.69) is 28.5 Å². The standard InChI is InChI=1S/C12H21N3O2S/c1-4-8-15(9-5-2)11-6-7-12(13-10-11)14-18(3,16)17/h6-7,10H,4-5,8-9H2,1-3H3,(H,13,14). The molecule has 0 aliphatic carbocycles. The van der Waals surface area contributed by atoms with Crippen LogP contribution in [0.25, 0.3) is 0 Å². The summed E-state index contributed by atoms with van der Waals surface area (Å²) in [5, 5.41) is 0. The summed E-state index contributed by atoms with van der Waals surface area (Å²) < 4.78 is 24.5. The first-order chi connectivity index (χ1) is 8.46. The summed E-state index contributed by atoms with van der Waals surface area (Å²) in [6.45, 7) is 6.23. The van der Waals surface area contributed by atoms with E-state index in [0.29, 0.717) is 5.82 Å². The van der Waals surface area contributed by atoms with Crippen molar-refractivity contribution in [2.45, 2.75) is 26.7 Å². The normalized spacial score (nSPS) is 11.3. The first-order valence-corrected chi connectivity index (χ1v) is 8.04. The molecule has 1 N–H and O–H groups in total. The van der Waals surface area contributed by atoms with Gasteiger partial charge in [-0.3, -0.25) is 4.72 Å². The molecule has 18 heavy (non-hydrogen) atoms. The third-order valence-corrected chi connectivity index (χ3v) is 2.97. The van der Waals surface area contributed by atoms with E-state index >= 15 is 0 Å². The molecule has 0 radical (unpaired) electrons. The molecule has 0 spiro atoms. The molecule has 0 aromatic carbocycles. The summed E-state index contributed by atoms with van der Waals surface area (Å²) in [5.74, 6) is 0.356. The van der Waals surface area contributed by atoms with Gasteiger partial charge in [0, 0.05) is 13.1 Å². The van der Waals surface area contributed by atoms with Crippen molar-refractivity contribution >= 4 is 21.5 Å². The number of aromatic nitrogens is 1. The van der Waals surface area contributed by atoms with Gasteiger partial charge in [-0.15, -0.1) is 0 Å². The van der Waals surface area contributed by atoms with Gasteiger partial charge in [-0.1, -0.05) is 13.8 Å². The van der Waals surface area contributed by atoms with Gasteiger partial charge in [0.25, 0.3) is 0 Å². The highest BCUT2D eigenvalue weighted by molar-refractivity contribution is 7.92. The van der Waals surface area contributed by atoms with Crippen LogP contribution in [-0.4, -0.2) is 32.7 Å². The molecule has 0 aliphatic rings. The fourth-order valence-corrected chi connectivity index (χ4v) is 2.23. The maximum Gasteiger partial charge on any atom is 0.230 e. The number of nitrogens with zero attached hydrogens (tertiary/aromatic N) is 2. The van der Waals surface area contributed by atoms with Crippen molar-refractivity contribution in [1.29, 1.82) is 0 Å². The number of nitrogens with one attached hydrogen (secondary N) is 1. The Morgan fingerprint density at radius 3 is 2.22 bits per heavy atom. The molecular formula is C12H21N3O2S. The molecular weight excluding hydrogens is 250 g/mol. The third kappa shape index (κ3) is 4.91. The molecule has 1 aromatic heterocycles.